The average molecular weight is 489 g/mol. The van der Waals surface area contributed by atoms with E-state index in [-0.39, 0.29) is 17.7 Å². The predicted molar refractivity (Wildman–Crippen MR) is 133 cm³/mol. The lowest BCUT2D eigenvalue weighted by Crippen LogP contribution is -2.46. The average Bonchev–Trinajstić information content (AvgIpc) is 3.31. The third-order valence-corrected chi connectivity index (χ3v) is 6.48. The maximum absolute atomic E-state index is 13.6. The molecule has 1 aromatic heterocycles. The topological polar surface area (TPSA) is 71.3 Å². The molecule has 0 fully saturated rings. The van der Waals surface area contributed by atoms with Gasteiger partial charge in [-0.15, -0.1) is 0 Å². The molecule has 0 bridgehead atoms. The van der Waals surface area contributed by atoms with Crippen molar-refractivity contribution in [3.05, 3.63) is 106 Å². The molecule has 1 N–H and O–H groups in total. The van der Waals surface area contributed by atoms with Crippen molar-refractivity contribution in [2.24, 2.45) is 0 Å². The molecule has 176 valence electrons. The van der Waals surface area contributed by atoms with E-state index in [4.69, 9.17) is 16.1 Å². The lowest BCUT2D eigenvalue weighted by Gasteiger charge is -2.35. The van der Waals surface area contributed by atoms with Crippen LogP contribution in [0.3, 0.4) is 0 Å². The van der Waals surface area contributed by atoms with Gasteiger partial charge in [0.05, 0.1) is 17.3 Å². The highest BCUT2D eigenvalue weighted by Gasteiger charge is 2.36. The number of carbonyl (C=O) groups excluding carboxylic acids is 1. The van der Waals surface area contributed by atoms with Gasteiger partial charge in [-0.1, -0.05) is 64.8 Å². The number of amides is 2. The molecule has 5 rings (SSSR count). The number of allylic oxidation sites excluding steroid dienone is 1. The molecule has 0 spiro atoms. The first-order chi connectivity index (χ1) is 16.8. The van der Waals surface area contributed by atoms with Gasteiger partial charge in [-0.05, 0) is 56.2 Å². The number of aromatic nitrogens is 2. The highest BCUT2D eigenvalue weighted by molar-refractivity contribution is 6.31. The molecule has 3 aromatic carbocycles. The number of halogens is 2. The molecule has 35 heavy (non-hydrogen) atoms. The maximum atomic E-state index is 13.6. The summed E-state index contributed by atoms with van der Waals surface area (Å²) in [6.45, 7) is 5.71. The number of nitrogens with zero attached hydrogens (tertiary/aromatic N) is 3. The Balaban J connectivity index is 1.65. The van der Waals surface area contributed by atoms with Crippen molar-refractivity contribution >= 4 is 28.9 Å². The Morgan fingerprint density at radius 1 is 1.00 bits per heavy atom. The van der Waals surface area contributed by atoms with Crippen LogP contribution in [0.4, 0.5) is 14.9 Å². The van der Waals surface area contributed by atoms with Crippen LogP contribution in [0.25, 0.3) is 17.0 Å². The summed E-state index contributed by atoms with van der Waals surface area (Å²) in [7, 11) is 0. The minimum absolute atomic E-state index is 0.260. The van der Waals surface area contributed by atoms with Crippen LogP contribution in [0, 0.1) is 19.7 Å². The van der Waals surface area contributed by atoms with Crippen LogP contribution in [0.2, 0.25) is 5.02 Å². The number of benzene rings is 3. The third kappa shape index (κ3) is 4.31. The Hall–Kier alpha value is -3.97. The second-order valence-electron chi connectivity index (χ2n) is 8.49. The molecule has 2 amide bonds. The maximum Gasteiger partial charge on any atom is 0.326 e. The Morgan fingerprint density at radius 3 is 2.40 bits per heavy atom. The van der Waals surface area contributed by atoms with E-state index in [1.54, 1.807) is 18.2 Å². The Kier molecular flexibility index (Phi) is 5.86. The Bertz CT molecular complexity index is 1450. The van der Waals surface area contributed by atoms with Crippen LogP contribution in [-0.4, -0.2) is 16.2 Å². The molecule has 0 saturated carbocycles. The number of hydrogen-bond acceptors (Lipinski definition) is 4. The molecule has 2 heterocycles. The fourth-order valence-corrected chi connectivity index (χ4v) is 4.28. The lowest BCUT2D eigenvalue weighted by molar-refractivity contribution is 0.244. The van der Waals surface area contributed by atoms with Crippen LogP contribution in [0.15, 0.2) is 77.0 Å². The van der Waals surface area contributed by atoms with E-state index >= 15 is 0 Å². The summed E-state index contributed by atoms with van der Waals surface area (Å²) in [5.41, 5.74) is 5.33. The summed E-state index contributed by atoms with van der Waals surface area (Å²) in [4.78, 5) is 19.5. The summed E-state index contributed by atoms with van der Waals surface area (Å²) < 4.78 is 19.3. The van der Waals surface area contributed by atoms with Gasteiger partial charge in [-0.3, -0.25) is 4.90 Å². The number of aryl methyl sites for hydroxylation is 2. The fraction of sp³-hybridized carbons (Fsp3) is 0.148. The SMILES string of the molecule is CC1=C(c2nc(-c3ccc(C)cc3)no2)C(c2ccc(F)cc2)NC(=O)N1c1ccc(C)c(Cl)c1. The number of nitrogens with one attached hydrogen (secondary N) is 1. The smallest absolute Gasteiger partial charge is 0.326 e. The largest absolute Gasteiger partial charge is 0.334 e. The summed E-state index contributed by atoms with van der Waals surface area (Å²) in [5.74, 6) is 0.323. The first-order valence-electron chi connectivity index (χ1n) is 11.1. The predicted octanol–water partition coefficient (Wildman–Crippen LogP) is 6.85. The molecule has 0 radical (unpaired) electrons. The van der Waals surface area contributed by atoms with E-state index in [1.165, 1.54) is 17.0 Å². The number of anilines is 1. The molecule has 1 aliphatic heterocycles. The zero-order valence-corrected chi connectivity index (χ0v) is 20.1. The van der Waals surface area contributed by atoms with Gasteiger partial charge in [-0.2, -0.15) is 4.98 Å². The highest BCUT2D eigenvalue weighted by atomic mass is 35.5. The van der Waals surface area contributed by atoms with Crippen molar-refractivity contribution in [1.82, 2.24) is 15.5 Å². The fourth-order valence-electron chi connectivity index (χ4n) is 4.11. The number of carbonyl (C=O) groups is 1. The summed E-state index contributed by atoms with van der Waals surface area (Å²) in [6, 6.07) is 18.2. The van der Waals surface area contributed by atoms with Gasteiger partial charge in [0.2, 0.25) is 5.82 Å². The standard InChI is InChI=1S/C27H22ClFN4O2/c1-15-4-7-19(8-5-15)25-31-26(35-32-25)23-17(3)33(21-13-6-16(2)22(28)14-21)27(34)30-24(23)18-9-11-20(29)12-10-18/h4-14,24H,1-3H3,(H,30,34). The molecule has 0 aliphatic carbocycles. The molecule has 4 aromatic rings. The first kappa shape index (κ1) is 22.8. The van der Waals surface area contributed by atoms with Crippen molar-refractivity contribution in [2.75, 3.05) is 4.90 Å². The van der Waals surface area contributed by atoms with Crippen molar-refractivity contribution in [1.29, 1.82) is 0 Å². The molecular formula is C27H22ClFN4O2. The number of urea groups is 1. The molecular weight excluding hydrogens is 467 g/mol. The summed E-state index contributed by atoms with van der Waals surface area (Å²) in [5, 5.41) is 7.73. The molecule has 1 aliphatic rings. The van der Waals surface area contributed by atoms with Crippen molar-refractivity contribution < 1.29 is 13.7 Å². The monoisotopic (exact) mass is 488 g/mol. The van der Waals surface area contributed by atoms with Gasteiger partial charge in [0, 0.05) is 16.3 Å². The quantitative estimate of drug-likeness (QED) is 0.341. The van der Waals surface area contributed by atoms with Crippen LogP contribution in [-0.2, 0) is 0 Å². The van der Waals surface area contributed by atoms with Crippen molar-refractivity contribution in [3.8, 4) is 11.4 Å². The minimum Gasteiger partial charge on any atom is -0.334 e. The molecule has 0 saturated heterocycles. The zero-order valence-electron chi connectivity index (χ0n) is 19.3. The number of hydrogen-bond donors (Lipinski definition) is 1. The number of rotatable bonds is 4. The van der Waals surface area contributed by atoms with Gasteiger partial charge in [0.25, 0.3) is 5.89 Å². The van der Waals surface area contributed by atoms with Crippen LogP contribution in [0.5, 0.6) is 0 Å². The second-order valence-corrected chi connectivity index (χ2v) is 8.90. The second kappa shape index (κ2) is 9.00. The zero-order chi connectivity index (χ0) is 24.7. The molecule has 6 nitrogen and oxygen atoms in total. The van der Waals surface area contributed by atoms with E-state index in [9.17, 15) is 9.18 Å². The Morgan fingerprint density at radius 2 is 1.71 bits per heavy atom. The summed E-state index contributed by atoms with van der Waals surface area (Å²) in [6.07, 6.45) is 0. The van der Waals surface area contributed by atoms with Crippen molar-refractivity contribution in [2.45, 2.75) is 26.8 Å². The first-order valence-corrected chi connectivity index (χ1v) is 11.4. The van der Waals surface area contributed by atoms with E-state index in [2.05, 4.69) is 15.5 Å². The molecule has 8 heteroatoms. The van der Waals surface area contributed by atoms with Crippen LogP contribution in [0.1, 0.15) is 35.5 Å². The van der Waals surface area contributed by atoms with E-state index < -0.39 is 6.04 Å². The molecule has 1 atom stereocenters. The summed E-state index contributed by atoms with van der Waals surface area (Å²) >= 11 is 6.35. The third-order valence-electron chi connectivity index (χ3n) is 6.07. The minimum atomic E-state index is -0.619. The van der Waals surface area contributed by atoms with Crippen LogP contribution < -0.4 is 10.2 Å². The van der Waals surface area contributed by atoms with Crippen molar-refractivity contribution in [3.63, 3.8) is 0 Å². The lowest BCUT2D eigenvalue weighted by atomic mass is 9.94. The van der Waals surface area contributed by atoms with Gasteiger partial charge in [0.1, 0.15) is 5.82 Å². The highest BCUT2D eigenvalue weighted by Crippen LogP contribution is 2.39. The van der Waals surface area contributed by atoms with E-state index in [1.807, 2.05) is 57.2 Å². The molecule has 1 unspecified atom stereocenters. The normalized spacial score (nSPS) is 16.0. The van der Waals surface area contributed by atoms with Gasteiger partial charge >= 0.3 is 6.03 Å². The van der Waals surface area contributed by atoms with E-state index in [0.717, 1.165) is 16.7 Å². The Labute approximate surface area is 207 Å². The van der Waals surface area contributed by atoms with E-state index in [0.29, 0.717) is 33.4 Å². The van der Waals surface area contributed by atoms with Gasteiger partial charge in [0.15, 0.2) is 0 Å². The van der Waals surface area contributed by atoms with Crippen LogP contribution >= 0.6 is 11.6 Å². The van der Waals surface area contributed by atoms with Gasteiger partial charge in [-0.25, -0.2) is 9.18 Å². The van der Waals surface area contributed by atoms with Gasteiger partial charge < -0.3 is 9.84 Å².